The van der Waals surface area contributed by atoms with E-state index in [1.54, 1.807) is 16.7 Å². The van der Waals surface area contributed by atoms with Crippen LogP contribution in [-0.2, 0) is 0 Å². The summed E-state index contributed by atoms with van der Waals surface area (Å²) in [5.41, 5.74) is 3.88. The zero-order valence-electron chi connectivity index (χ0n) is 11.8. The Kier molecular flexibility index (Phi) is 3.60. The molecule has 0 aliphatic rings. The third-order valence-corrected chi connectivity index (χ3v) is 4.14. The zero-order valence-corrected chi connectivity index (χ0v) is 12.6. The predicted octanol–water partition coefficient (Wildman–Crippen LogP) is 3.90. The van der Waals surface area contributed by atoms with Crippen molar-refractivity contribution in [3.63, 3.8) is 0 Å². The van der Waals surface area contributed by atoms with E-state index in [-0.39, 0.29) is 5.69 Å². The van der Waals surface area contributed by atoms with Crippen LogP contribution < -0.4 is 4.80 Å². The van der Waals surface area contributed by atoms with E-state index >= 15 is 0 Å². The third-order valence-electron chi connectivity index (χ3n) is 3.39. The second-order valence-electron chi connectivity index (χ2n) is 4.90. The van der Waals surface area contributed by atoms with E-state index in [9.17, 15) is 10.1 Å². The molecule has 2 aromatic carbocycles. The van der Waals surface area contributed by atoms with Crippen LogP contribution in [0.25, 0.3) is 16.9 Å². The number of rotatable bonds is 3. The Bertz CT molecular complexity index is 877. The van der Waals surface area contributed by atoms with Gasteiger partial charge in [0.05, 0.1) is 10.6 Å². The van der Waals surface area contributed by atoms with Crippen LogP contribution in [0.1, 0.15) is 5.56 Å². The number of nitrogens with one attached hydrogen (secondary N) is 1. The molecular weight excluding hydrogens is 298 g/mol. The Morgan fingerprint density at radius 3 is 2.32 bits per heavy atom. The highest BCUT2D eigenvalue weighted by Crippen LogP contribution is 2.24. The van der Waals surface area contributed by atoms with E-state index < -0.39 is 4.92 Å². The summed E-state index contributed by atoms with van der Waals surface area (Å²) in [6, 6.07) is 14.3. The summed E-state index contributed by atoms with van der Waals surface area (Å²) in [7, 11) is 0. The van der Waals surface area contributed by atoms with Crippen molar-refractivity contribution in [2.45, 2.75) is 6.92 Å². The van der Waals surface area contributed by atoms with Crippen LogP contribution in [0.5, 0.6) is 0 Å². The maximum Gasteiger partial charge on any atom is 0.269 e. The van der Waals surface area contributed by atoms with Gasteiger partial charge in [-0.2, -0.15) is 0 Å². The van der Waals surface area contributed by atoms with Gasteiger partial charge in [0.1, 0.15) is 0 Å². The number of hydrogen-bond donors (Lipinski definition) is 1. The molecule has 3 rings (SSSR count). The second kappa shape index (κ2) is 5.57. The lowest BCUT2D eigenvalue weighted by Gasteiger charge is -2.09. The molecule has 0 amide bonds. The lowest BCUT2D eigenvalue weighted by Crippen LogP contribution is -2.12. The van der Waals surface area contributed by atoms with E-state index in [1.807, 2.05) is 36.6 Å². The first-order valence-electron chi connectivity index (χ1n) is 6.63. The number of nitro benzene ring substituents is 1. The van der Waals surface area contributed by atoms with E-state index in [0.29, 0.717) is 4.80 Å². The molecule has 0 atom stereocenters. The maximum absolute atomic E-state index is 10.7. The maximum atomic E-state index is 10.7. The molecule has 0 saturated heterocycles. The Balaban J connectivity index is 2.11. The largest absolute Gasteiger partial charge is 0.286 e. The molecular formula is C16H13N3O2S. The molecule has 0 unspecified atom stereocenters. The van der Waals surface area contributed by atoms with Crippen molar-refractivity contribution in [2.24, 2.45) is 0 Å². The minimum Gasteiger partial charge on any atom is -0.286 e. The van der Waals surface area contributed by atoms with Gasteiger partial charge < -0.3 is 0 Å². The molecule has 3 aromatic rings. The molecule has 1 N–H and O–H groups in total. The highest BCUT2D eigenvalue weighted by molar-refractivity contribution is 7.07. The summed E-state index contributed by atoms with van der Waals surface area (Å²) in [5, 5.41) is 20.8. The molecule has 0 saturated carbocycles. The highest BCUT2D eigenvalue weighted by atomic mass is 32.1. The minimum atomic E-state index is -0.426. The highest BCUT2D eigenvalue weighted by Gasteiger charge is 2.11. The Labute approximate surface area is 130 Å². The van der Waals surface area contributed by atoms with Crippen molar-refractivity contribution >= 4 is 17.0 Å². The van der Waals surface area contributed by atoms with Crippen molar-refractivity contribution in [1.82, 2.24) is 4.57 Å². The summed E-state index contributed by atoms with van der Waals surface area (Å²) >= 11 is 1.33. The number of aryl methyl sites for hydroxylation is 1. The first-order valence-corrected chi connectivity index (χ1v) is 7.51. The molecule has 0 spiro atoms. The molecule has 0 aliphatic heterocycles. The van der Waals surface area contributed by atoms with E-state index in [2.05, 4.69) is 0 Å². The molecule has 0 bridgehead atoms. The summed E-state index contributed by atoms with van der Waals surface area (Å²) < 4.78 is 1.79. The summed E-state index contributed by atoms with van der Waals surface area (Å²) in [6.07, 6.45) is 0. The van der Waals surface area contributed by atoms with Gasteiger partial charge in [-0.3, -0.25) is 20.1 Å². The van der Waals surface area contributed by atoms with Crippen LogP contribution in [0.2, 0.25) is 0 Å². The number of nitro groups is 1. The van der Waals surface area contributed by atoms with Crippen molar-refractivity contribution in [1.29, 1.82) is 5.41 Å². The molecule has 1 aromatic heterocycles. The zero-order chi connectivity index (χ0) is 15.7. The van der Waals surface area contributed by atoms with Gasteiger partial charge in [0.15, 0.2) is 4.80 Å². The van der Waals surface area contributed by atoms with Crippen molar-refractivity contribution in [2.75, 3.05) is 0 Å². The smallest absolute Gasteiger partial charge is 0.269 e. The lowest BCUT2D eigenvalue weighted by atomic mass is 10.1. The number of hydrogen-bond acceptors (Lipinski definition) is 4. The summed E-state index contributed by atoms with van der Waals surface area (Å²) in [4.78, 5) is 10.7. The Hall–Kier alpha value is -2.73. The van der Waals surface area contributed by atoms with Gasteiger partial charge in [-0.15, -0.1) is 11.3 Å². The first-order chi connectivity index (χ1) is 10.6. The van der Waals surface area contributed by atoms with Crippen molar-refractivity contribution < 1.29 is 4.92 Å². The molecule has 0 radical (unpaired) electrons. The van der Waals surface area contributed by atoms with E-state index in [0.717, 1.165) is 16.9 Å². The van der Waals surface area contributed by atoms with Gasteiger partial charge in [0, 0.05) is 23.2 Å². The van der Waals surface area contributed by atoms with Gasteiger partial charge in [0.25, 0.3) is 5.69 Å². The van der Waals surface area contributed by atoms with Crippen LogP contribution in [-0.4, -0.2) is 9.49 Å². The third kappa shape index (κ3) is 2.56. The van der Waals surface area contributed by atoms with Crippen LogP contribution in [0, 0.1) is 22.4 Å². The van der Waals surface area contributed by atoms with Gasteiger partial charge in [0.2, 0.25) is 0 Å². The van der Waals surface area contributed by atoms with Crippen LogP contribution in [0.3, 0.4) is 0 Å². The molecule has 110 valence electrons. The number of thiazole rings is 1. The van der Waals surface area contributed by atoms with E-state index in [1.165, 1.54) is 29.0 Å². The molecule has 0 fully saturated rings. The van der Waals surface area contributed by atoms with Crippen LogP contribution in [0.4, 0.5) is 5.69 Å². The fourth-order valence-corrected chi connectivity index (χ4v) is 3.00. The fraction of sp³-hybridized carbons (Fsp3) is 0.0625. The normalized spacial score (nSPS) is 10.6. The quantitative estimate of drug-likeness (QED) is 0.588. The molecule has 0 aliphatic carbocycles. The topological polar surface area (TPSA) is 71.9 Å². The fourth-order valence-electron chi connectivity index (χ4n) is 2.23. The lowest BCUT2D eigenvalue weighted by molar-refractivity contribution is -0.384. The molecule has 1 heterocycles. The minimum absolute atomic E-state index is 0.0444. The van der Waals surface area contributed by atoms with Crippen LogP contribution >= 0.6 is 11.3 Å². The van der Waals surface area contributed by atoms with Gasteiger partial charge in [-0.1, -0.05) is 29.8 Å². The number of benzene rings is 2. The summed E-state index contributed by atoms with van der Waals surface area (Å²) in [6.45, 7) is 2.03. The Morgan fingerprint density at radius 1 is 1.09 bits per heavy atom. The summed E-state index contributed by atoms with van der Waals surface area (Å²) in [5.74, 6) is 0. The van der Waals surface area contributed by atoms with Crippen molar-refractivity contribution in [3.05, 3.63) is 74.4 Å². The SMILES string of the molecule is Cc1ccc(-c2csc(=N)n2-c2ccc([N+](=O)[O-])cc2)cc1. The van der Waals surface area contributed by atoms with E-state index in [4.69, 9.17) is 5.41 Å². The Morgan fingerprint density at radius 2 is 1.73 bits per heavy atom. The second-order valence-corrected chi connectivity index (χ2v) is 5.76. The van der Waals surface area contributed by atoms with Crippen molar-refractivity contribution in [3.8, 4) is 16.9 Å². The molecule has 22 heavy (non-hydrogen) atoms. The first kappa shape index (κ1) is 14.2. The van der Waals surface area contributed by atoms with Gasteiger partial charge in [-0.05, 0) is 24.6 Å². The monoisotopic (exact) mass is 311 g/mol. The average Bonchev–Trinajstić information content (AvgIpc) is 2.90. The average molecular weight is 311 g/mol. The standard InChI is InChI=1S/C16H13N3O2S/c1-11-2-4-12(5-3-11)15-10-22-16(17)18(15)13-6-8-14(9-7-13)19(20)21/h2-10,17H,1H3. The van der Waals surface area contributed by atoms with Crippen LogP contribution in [0.15, 0.2) is 53.9 Å². The molecule has 6 heteroatoms. The van der Waals surface area contributed by atoms with Gasteiger partial charge in [-0.25, -0.2) is 0 Å². The van der Waals surface area contributed by atoms with Gasteiger partial charge >= 0.3 is 0 Å². The number of nitrogens with zero attached hydrogens (tertiary/aromatic N) is 2. The number of aromatic nitrogens is 1. The molecule has 5 nitrogen and oxygen atoms in total. The predicted molar refractivity (Wildman–Crippen MR) is 86.3 cm³/mol. The number of non-ortho nitro benzene ring substituents is 1.